The van der Waals surface area contributed by atoms with E-state index < -0.39 is 0 Å². The van der Waals surface area contributed by atoms with Crippen LogP contribution in [0.2, 0.25) is 0 Å². The Kier molecular flexibility index (Phi) is 6.29. The Morgan fingerprint density at radius 2 is 2.06 bits per heavy atom. The monoisotopic (exact) mass is 270 g/mol. The van der Waals surface area contributed by atoms with Gasteiger partial charge in [0.05, 0.1) is 24.8 Å². The molecule has 102 valence electrons. The molecule has 4 nitrogen and oxygen atoms in total. The van der Waals surface area contributed by atoms with Gasteiger partial charge in [0.15, 0.2) is 0 Å². The molecule has 0 spiro atoms. The highest BCUT2D eigenvalue weighted by atomic mass is 32.2. The van der Waals surface area contributed by atoms with Gasteiger partial charge in [-0.15, -0.1) is 11.8 Å². The number of rotatable bonds is 7. The average molecular weight is 270 g/mol. The predicted octanol–water partition coefficient (Wildman–Crippen LogP) is 2.49. The average Bonchev–Trinajstić information content (AvgIpc) is 2.39. The molecular formula is C13H22N2O2S. The van der Waals surface area contributed by atoms with Gasteiger partial charge >= 0.3 is 0 Å². The number of nitrogens with two attached hydrogens (primary N) is 1. The Labute approximate surface area is 113 Å². The molecule has 1 aromatic heterocycles. The summed E-state index contributed by atoms with van der Waals surface area (Å²) in [5.41, 5.74) is 6.84. The number of aromatic nitrogens is 1. The molecule has 0 aliphatic heterocycles. The summed E-state index contributed by atoms with van der Waals surface area (Å²) >= 11 is 1.69. The molecule has 0 saturated carbocycles. The number of hydrogen-bond donors (Lipinski definition) is 1. The minimum atomic E-state index is 0.0979. The molecule has 0 bridgehead atoms. The highest BCUT2D eigenvalue weighted by Crippen LogP contribution is 2.33. The van der Waals surface area contributed by atoms with Crippen molar-refractivity contribution < 1.29 is 9.47 Å². The van der Waals surface area contributed by atoms with Crippen molar-refractivity contribution in [2.75, 3.05) is 20.0 Å². The van der Waals surface area contributed by atoms with Gasteiger partial charge in [-0.05, 0) is 12.2 Å². The van der Waals surface area contributed by atoms with E-state index >= 15 is 0 Å². The first kappa shape index (κ1) is 15.1. The zero-order chi connectivity index (χ0) is 13.5. The zero-order valence-corrected chi connectivity index (χ0v) is 12.3. The lowest BCUT2D eigenvalue weighted by Crippen LogP contribution is -2.22. The van der Waals surface area contributed by atoms with Crippen LogP contribution in [0, 0.1) is 0 Å². The van der Waals surface area contributed by atoms with Crippen molar-refractivity contribution in [3.63, 3.8) is 0 Å². The van der Waals surface area contributed by atoms with Gasteiger partial charge in [-0.3, -0.25) is 0 Å². The van der Waals surface area contributed by atoms with E-state index in [1.54, 1.807) is 26.0 Å². The van der Waals surface area contributed by atoms with Crippen molar-refractivity contribution in [2.45, 2.75) is 37.6 Å². The Balaban J connectivity index is 3.09. The molecular weight excluding hydrogens is 248 g/mol. The van der Waals surface area contributed by atoms with Crippen molar-refractivity contribution in [1.82, 2.24) is 4.98 Å². The Morgan fingerprint density at radius 3 is 2.56 bits per heavy atom. The minimum Gasteiger partial charge on any atom is -0.495 e. The van der Waals surface area contributed by atoms with Crippen molar-refractivity contribution in [3.05, 3.63) is 11.8 Å². The van der Waals surface area contributed by atoms with Crippen LogP contribution < -0.4 is 15.2 Å². The standard InChI is InChI=1S/C13H22N2O2S/c1-5-9(14)7-10-11(16-3)8-12(18-6-2)13(15-10)17-4/h8-9H,5-7,14H2,1-4H3. The molecule has 1 aromatic rings. The maximum Gasteiger partial charge on any atom is 0.227 e. The molecule has 0 aromatic carbocycles. The second kappa shape index (κ2) is 7.48. The number of hydrogen-bond acceptors (Lipinski definition) is 5. The summed E-state index contributed by atoms with van der Waals surface area (Å²) in [6.45, 7) is 4.16. The van der Waals surface area contributed by atoms with Crippen molar-refractivity contribution in [2.24, 2.45) is 5.73 Å². The molecule has 0 aliphatic rings. The molecule has 1 unspecified atom stereocenters. The van der Waals surface area contributed by atoms with Crippen LogP contribution in [-0.4, -0.2) is 31.0 Å². The number of nitrogens with zero attached hydrogens (tertiary/aromatic N) is 1. The van der Waals surface area contributed by atoms with E-state index in [0.717, 1.165) is 28.5 Å². The van der Waals surface area contributed by atoms with Gasteiger partial charge in [0, 0.05) is 18.5 Å². The minimum absolute atomic E-state index is 0.0979. The number of pyridine rings is 1. The van der Waals surface area contributed by atoms with Crippen LogP contribution in [0.25, 0.3) is 0 Å². The van der Waals surface area contributed by atoms with Crippen LogP contribution in [-0.2, 0) is 6.42 Å². The van der Waals surface area contributed by atoms with E-state index in [4.69, 9.17) is 15.2 Å². The van der Waals surface area contributed by atoms with Crippen LogP contribution in [0.5, 0.6) is 11.6 Å². The first-order valence-electron chi connectivity index (χ1n) is 6.16. The zero-order valence-electron chi connectivity index (χ0n) is 11.5. The lowest BCUT2D eigenvalue weighted by Gasteiger charge is -2.15. The summed E-state index contributed by atoms with van der Waals surface area (Å²) in [7, 11) is 3.29. The molecule has 0 fully saturated rings. The van der Waals surface area contributed by atoms with Gasteiger partial charge < -0.3 is 15.2 Å². The van der Waals surface area contributed by atoms with E-state index in [1.807, 2.05) is 6.07 Å². The fraction of sp³-hybridized carbons (Fsp3) is 0.615. The van der Waals surface area contributed by atoms with E-state index in [1.165, 1.54) is 0 Å². The van der Waals surface area contributed by atoms with Gasteiger partial charge in [0.1, 0.15) is 5.75 Å². The SMILES string of the molecule is CCSc1cc(OC)c(CC(N)CC)nc1OC. The first-order valence-corrected chi connectivity index (χ1v) is 7.15. The first-order chi connectivity index (χ1) is 8.65. The molecule has 18 heavy (non-hydrogen) atoms. The fourth-order valence-electron chi connectivity index (χ4n) is 1.62. The molecule has 0 saturated heterocycles. The molecule has 5 heteroatoms. The fourth-order valence-corrected chi connectivity index (χ4v) is 2.37. The van der Waals surface area contributed by atoms with Crippen molar-refractivity contribution in [3.8, 4) is 11.6 Å². The topological polar surface area (TPSA) is 57.4 Å². The summed E-state index contributed by atoms with van der Waals surface area (Å²) < 4.78 is 10.7. The van der Waals surface area contributed by atoms with E-state index in [9.17, 15) is 0 Å². The summed E-state index contributed by atoms with van der Waals surface area (Å²) in [4.78, 5) is 5.53. The van der Waals surface area contributed by atoms with Gasteiger partial charge in [-0.1, -0.05) is 13.8 Å². The van der Waals surface area contributed by atoms with Gasteiger partial charge in [0.2, 0.25) is 5.88 Å². The second-order valence-electron chi connectivity index (χ2n) is 3.95. The summed E-state index contributed by atoms with van der Waals surface area (Å²) in [5, 5.41) is 0. The number of thioether (sulfide) groups is 1. The lowest BCUT2D eigenvalue weighted by atomic mass is 10.1. The van der Waals surface area contributed by atoms with Crippen molar-refractivity contribution in [1.29, 1.82) is 0 Å². The van der Waals surface area contributed by atoms with Gasteiger partial charge in [-0.2, -0.15) is 0 Å². The van der Waals surface area contributed by atoms with E-state index in [0.29, 0.717) is 12.3 Å². The predicted molar refractivity (Wildman–Crippen MR) is 75.7 cm³/mol. The number of ether oxygens (including phenoxy) is 2. The Morgan fingerprint density at radius 1 is 1.33 bits per heavy atom. The van der Waals surface area contributed by atoms with Crippen LogP contribution in [0.15, 0.2) is 11.0 Å². The van der Waals surface area contributed by atoms with E-state index in [2.05, 4.69) is 18.8 Å². The molecule has 0 radical (unpaired) electrons. The van der Waals surface area contributed by atoms with Crippen molar-refractivity contribution >= 4 is 11.8 Å². The molecule has 0 amide bonds. The normalized spacial score (nSPS) is 12.3. The third-order valence-electron chi connectivity index (χ3n) is 2.69. The quantitative estimate of drug-likeness (QED) is 0.771. The van der Waals surface area contributed by atoms with Crippen LogP contribution in [0.4, 0.5) is 0 Å². The highest BCUT2D eigenvalue weighted by molar-refractivity contribution is 7.99. The largest absolute Gasteiger partial charge is 0.495 e. The number of methoxy groups -OCH3 is 2. The third kappa shape index (κ3) is 3.78. The van der Waals surface area contributed by atoms with Crippen LogP contribution in [0.1, 0.15) is 26.0 Å². The Hall–Kier alpha value is -0.940. The maximum atomic E-state index is 5.98. The third-order valence-corrected chi connectivity index (χ3v) is 3.58. The highest BCUT2D eigenvalue weighted by Gasteiger charge is 2.15. The van der Waals surface area contributed by atoms with Crippen LogP contribution >= 0.6 is 11.8 Å². The maximum absolute atomic E-state index is 5.98. The molecule has 1 atom stereocenters. The smallest absolute Gasteiger partial charge is 0.227 e. The summed E-state index contributed by atoms with van der Waals surface area (Å²) in [6, 6.07) is 2.08. The molecule has 1 rings (SSSR count). The van der Waals surface area contributed by atoms with Crippen LogP contribution in [0.3, 0.4) is 0 Å². The molecule has 0 aliphatic carbocycles. The molecule has 1 heterocycles. The van der Waals surface area contributed by atoms with Gasteiger partial charge in [-0.25, -0.2) is 4.98 Å². The molecule has 2 N–H and O–H groups in total. The summed E-state index contributed by atoms with van der Waals surface area (Å²) in [5.74, 6) is 2.41. The van der Waals surface area contributed by atoms with Gasteiger partial charge in [0.25, 0.3) is 0 Å². The Bertz CT molecular complexity index is 385. The second-order valence-corrected chi connectivity index (χ2v) is 5.26. The lowest BCUT2D eigenvalue weighted by molar-refractivity contribution is 0.370. The summed E-state index contributed by atoms with van der Waals surface area (Å²) in [6.07, 6.45) is 1.62. The van der Waals surface area contributed by atoms with E-state index in [-0.39, 0.29) is 6.04 Å².